The molecular formula is C8H6F2N2O2. The Hall–Kier alpha value is -1.90. The van der Waals surface area contributed by atoms with E-state index in [9.17, 15) is 13.9 Å². The highest BCUT2D eigenvalue weighted by molar-refractivity contribution is 5.45. The third kappa shape index (κ3) is 1.71. The van der Waals surface area contributed by atoms with Gasteiger partial charge in [-0.25, -0.2) is 8.78 Å². The highest BCUT2D eigenvalue weighted by atomic mass is 19.3. The number of aromatic nitrogens is 1. The van der Waals surface area contributed by atoms with Crippen LogP contribution in [0.2, 0.25) is 0 Å². The molecule has 1 heterocycles. The van der Waals surface area contributed by atoms with E-state index in [4.69, 9.17) is 5.26 Å². The molecule has 74 valence electrons. The fourth-order valence-electron chi connectivity index (χ4n) is 0.900. The summed E-state index contributed by atoms with van der Waals surface area (Å²) in [5.41, 5.74) is -0.886. The standard InChI is InChI=1S/C8H6F2N2O2/c1-14-8-6(13)5(7(9)10)2-4(3-11)12-8/h2,7,13H,1H3. The second-order valence-electron chi connectivity index (χ2n) is 2.37. The molecule has 0 bridgehead atoms. The highest BCUT2D eigenvalue weighted by Crippen LogP contribution is 2.34. The number of hydrogen-bond donors (Lipinski definition) is 1. The number of methoxy groups -OCH3 is 1. The molecule has 1 N–H and O–H groups in total. The Kier molecular flexibility index (Phi) is 2.82. The summed E-state index contributed by atoms with van der Waals surface area (Å²) in [5.74, 6) is -1.11. The van der Waals surface area contributed by atoms with E-state index >= 15 is 0 Å². The number of nitrogens with zero attached hydrogens (tertiary/aromatic N) is 2. The maximum atomic E-state index is 12.3. The Balaban J connectivity index is 3.36. The van der Waals surface area contributed by atoms with E-state index in [1.165, 1.54) is 7.11 Å². The fourth-order valence-corrected chi connectivity index (χ4v) is 0.900. The van der Waals surface area contributed by atoms with Gasteiger partial charge >= 0.3 is 0 Å². The molecule has 0 unspecified atom stereocenters. The van der Waals surface area contributed by atoms with Gasteiger partial charge < -0.3 is 9.84 Å². The summed E-state index contributed by atoms with van der Waals surface area (Å²) < 4.78 is 29.1. The summed E-state index contributed by atoms with van der Waals surface area (Å²) in [6, 6.07) is 2.41. The van der Waals surface area contributed by atoms with Crippen molar-refractivity contribution in [1.29, 1.82) is 5.26 Å². The van der Waals surface area contributed by atoms with Crippen molar-refractivity contribution in [3.8, 4) is 17.7 Å². The molecule has 0 aliphatic carbocycles. The Morgan fingerprint density at radius 3 is 2.71 bits per heavy atom. The largest absolute Gasteiger partial charge is 0.503 e. The average molecular weight is 200 g/mol. The van der Waals surface area contributed by atoms with Crippen LogP contribution in [0.25, 0.3) is 0 Å². The van der Waals surface area contributed by atoms with E-state index < -0.39 is 17.7 Å². The second kappa shape index (κ2) is 3.87. The molecule has 0 aromatic carbocycles. The minimum Gasteiger partial charge on any atom is -0.503 e. The summed E-state index contributed by atoms with van der Waals surface area (Å²) in [6.45, 7) is 0. The SMILES string of the molecule is COc1nc(C#N)cc(C(F)F)c1O. The van der Waals surface area contributed by atoms with Crippen molar-refractivity contribution < 1.29 is 18.6 Å². The van der Waals surface area contributed by atoms with Gasteiger partial charge in [0.15, 0.2) is 5.75 Å². The Morgan fingerprint density at radius 2 is 2.29 bits per heavy atom. The van der Waals surface area contributed by atoms with Gasteiger partial charge in [0, 0.05) is 0 Å². The molecular weight excluding hydrogens is 194 g/mol. The molecule has 0 saturated carbocycles. The monoisotopic (exact) mass is 200 g/mol. The Bertz CT molecular complexity index is 388. The molecule has 0 radical (unpaired) electrons. The maximum Gasteiger partial charge on any atom is 0.267 e. The molecule has 6 heteroatoms. The molecule has 0 amide bonds. The Morgan fingerprint density at radius 1 is 1.64 bits per heavy atom. The second-order valence-corrected chi connectivity index (χ2v) is 2.37. The third-order valence-electron chi connectivity index (χ3n) is 1.53. The van der Waals surface area contributed by atoms with Crippen LogP contribution in [0.4, 0.5) is 8.78 Å². The molecule has 14 heavy (non-hydrogen) atoms. The first-order valence-electron chi connectivity index (χ1n) is 3.56. The Labute approximate surface area is 78.4 Å². The first kappa shape index (κ1) is 10.2. The number of alkyl halides is 2. The average Bonchev–Trinajstić information content (AvgIpc) is 2.17. The molecule has 4 nitrogen and oxygen atoms in total. The van der Waals surface area contributed by atoms with Crippen molar-refractivity contribution in [2.45, 2.75) is 6.43 Å². The van der Waals surface area contributed by atoms with Crippen LogP contribution in [0.5, 0.6) is 11.6 Å². The van der Waals surface area contributed by atoms with Gasteiger partial charge in [0.2, 0.25) is 0 Å². The summed E-state index contributed by atoms with van der Waals surface area (Å²) in [7, 11) is 1.17. The van der Waals surface area contributed by atoms with E-state index in [0.717, 1.165) is 6.07 Å². The van der Waals surface area contributed by atoms with Crippen LogP contribution in [-0.2, 0) is 0 Å². The molecule has 0 atom stereocenters. The van der Waals surface area contributed by atoms with Crippen LogP contribution in [0, 0.1) is 11.3 Å². The molecule has 0 fully saturated rings. The first-order chi connectivity index (χ1) is 6.60. The van der Waals surface area contributed by atoms with E-state index in [1.54, 1.807) is 6.07 Å². The van der Waals surface area contributed by atoms with Crippen LogP contribution in [-0.4, -0.2) is 17.2 Å². The summed E-state index contributed by atoms with van der Waals surface area (Å²) in [4.78, 5) is 3.49. The van der Waals surface area contributed by atoms with Crippen LogP contribution >= 0.6 is 0 Å². The van der Waals surface area contributed by atoms with Gasteiger partial charge in [0.25, 0.3) is 12.3 Å². The lowest BCUT2D eigenvalue weighted by molar-refractivity contribution is 0.146. The predicted molar refractivity (Wildman–Crippen MR) is 42.1 cm³/mol. The smallest absolute Gasteiger partial charge is 0.267 e. The third-order valence-corrected chi connectivity index (χ3v) is 1.53. The topological polar surface area (TPSA) is 66.1 Å². The lowest BCUT2D eigenvalue weighted by Crippen LogP contribution is -1.96. The summed E-state index contributed by atoms with van der Waals surface area (Å²) in [6.07, 6.45) is -2.88. The molecule has 0 aliphatic rings. The van der Waals surface area contributed by atoms with Crippen molar-refractivity contribution in [3.63, 3.8) is 0 Å². The quantitative estimate of drug-likeness (QED) is 0.787. The zero-order chi connectivity index (χ0) is 10.7. The highest BCUT2D eigenvalue weighted by Gasteiger charge is 2.19. The first-order valence-corrected chi connectivity index (χ1v) is 3.56. The predicted octanol–water partition coefficient (Wildman–Crippen LogP) is 1.61. The zero-order valence-corrected chi connectivity index (χ0v) is 7.16. The number of hydrogen-bond acceptors (Lipinski definition) is 4. The van der Waals surface area contributed by atoms with Crippen LogP contribution < -0.4 is 4.74 Å². The summed E-state index contributed by atoms with van der Waals surface area (Å²) in [5, 5.41) is 17.7. The van der Waals surface area contributed by atoms with Gasteiger partial charge in [0.05, 0.1) is 12.7 Å². The number of ether oxygens (including phenoxy) is 1. The lowest BCUT2D eigenvalue weighted by Gasteiger charge is -2.07. The fraction of sp³-hybridized carbons (Fsp3) is 0.250. The van der Waals surface area contributed by atoms with Crippen LogP contribution in [0.3, 0.4) is 0 Å². The molecule has 0 spiro atoms. The molecule has 1 aromatic heterocycles. The molecule has 1 aromatic rings. The van der Waals surface area contributed by atoms with Crippen molar-refractivity contribution in [2.24, 2.45) is 0 Å². The maximum absolute atomic E-state index is 12.3. The minimum absolute atomic E-state index is 0.227. The number of halogens is 2. The van der Waals surface area contributed by atoms with Crippen molar-refractivity contribution in [1.82, 2.24) is 4.98 Å². The van der Waals surface area contributed by atoms with Gasteiger partial charge in [-0.15, -0.1) is 0 Å². The minimum atomic E-state index is -2.88. The number of aromatic hydroxyl groups is 1. The van der Waals surface area contributed by atoms with Crippen molar-refractivity contribution in [2.75, 3.05) is 7.11 Å². The number of nitriles is 1. The normalized spacial score (nSPS) is 9.93. The molecule has 1 rings (SSSR count). The number of rotatable bonds is 2. The van der Waals surface area contributed by atoms with Gasteiger partial charge in [-0.3, -0.25) is 0 Å². The van der Waals surface area contributed by atoms with Crippen molar-refractivity contribution in [3.05, 3.63) is 17.3 Å². The summed E-state index contributed by atoms with van der Waals surface area (Å²) >= 11 is 0. The van der Waals surface area contributed by atoms with E-state index in [0.29, 0.717) is 0 Å². The van der Waals surface area contributed by atoms with Gasteiger partial charge in [-0.1, -0.05) is 0 Å². The lowest BCUT2D eigenvalue weighted by atomic mass is 10.2. The van der Waals surface area contributed by atoms with Gasteiger partial charge in [-0.2, -0.15) is 10.2 Å². The zero-order valence-electron chi connectivity index (χ0n) is 7.16. The molecule has 0 aliphatic heterocycles. The van der Waals surface area contributed by atoms with Crippen molar-refractivity contribution >= 4 is 0 Å². The number of pyridine rings is 1. The van der Waals surface area contributed by atoms with E-state index in [2.05, 4.69) is 9.72 Å². The van der Waals surface area contributed by atoms with Gasteiger partial charge in [0.1, 0.15) is 11.8 Å². The van der Waals surface area contributed by atoms with Gasteiger partial charge in [-0.05, 0) is 6.07 Å². The van der Waals surface area contributed by atoms with Crippen LogP contribution in [0.1, 0.15) is 17.7 Å². The molecule has 0 saturated heterocycles. The van der Waals surface area contributed by atoms with Crippen LogP contribution in [0.15, 0.2) is 6.07 Å². The van der Waals surface area contributed by atoms with E-state index in [-0.39, 0.29) is 11.6 Å². The van der Waals surface area contributed by atoms with E-state index in [1.807, 2.05) is 0 Å².